The average Bonchev–Trinajstić information content (AvgIpc) is 2.11. The lowest BCUT2D eigenvalue weighted by atomic mass is 11.1. The molecular weight excluding hydrogens is 153 g/mol. The topological polar surface area (TPSA) is 25.8 Å². The van der Waals surface area contributed by atoms with Gasteiger partial charge in [0.2, 0.25) is 0 Å². The molecule has 1 rings (SSSR count). The van der Waals surface area contributed by atoms with Crippen LogP contribution in [0.15, 0.2) is 11.6 Å². The maximum absolute atomic E-state index is 9.67. The van der Waals surface area contributed by atoms with Gasteiger partial charge in [-0.05, 0) is 11.5 Å². The lowest BCUT2D eigenvalue weighted by Gasteiger charge is -1.65. The molecule has 0 aliphatic rings. The van der Waals surface area contributed by atoms with Gasteiger partial charge in [0, 0.05) is 5.38 Å². The second kappa shape index (κ2) is 5.49. The Bertz CT molecular complexity index is 101. The van der Waals surface area contributed by atoms with E-state index in [-0.39, 0.29) is 0 Å². The molecule has 0 spiro atoms. The maximum atomic E-state index is 9.67. The van der Waals surface area contributed by atoms with Gasteiger partial charge in [0.15, 0.2) is 0 Å². The molecule has 0 saturated carbocycles. The standard InChI is InChI=1S/C2H2N2S.CHF3/c1-2-5-4-3-1;2-1(3)4/h1-2H;1H. The van der Waals surface area contributed by atoms with Crippen molar-refractivity contribution in [3.63, 3.8) is 0 Å². The zero-order chi connectivity index (χ0) is 7.11. The minimum atomic E-state index is -3.67. The molecule has 0 aliphatic heterocycles. The number of hydrogen-bond acceptors (Lipinski definition) is 3. The largest absolute Gasteiger partial charge is 0.379 e. The van der Waals surface area contributed by atoms with Crippen molar-refractivity contribution in [1.82, 2.24) is 9.59 Å². The Labute approximate surface area is 53.5 Å². The number of aromatic nitrogens is 2. The molecule has 0 unspecified atom stereocenters. The van der Waals surface area contributed by atoms with Crippen LogP contribution in [-0.2, 0) is 0 Å². The molecule has 6 heteroatoms. The molecular formula is C3H3F3N2S. The van der Waals surface area contributed by atoms with Crippen LogP contribution in [0.1, 0.15) is 0 Å². The quantitative estimate of drug-likeness (QED) is 0.571. The molecule has 0 amide bonds. The predicted molar refractivity (Wildman–Crippen MR) is 27.0 cm³/mol. The van der Waals surface area contributed by atoms with Gasteiger partial charge in [-0.1, -0.05) is 4.49 Å². The van der Waals surface area contributed by atoms with Crippen molar-refractivity contribution >= 4 is 11.5 Å². The summed E-state index contributed by atoms with van der Waals surface area (Å²) in [6.07, 6.45) is 1.66. The SMILES string of the molecule is FC(F)F.c1csnn1. The summed E-state index contributed by atoms with van der Waals surface area (Å²) >= 11 is 1.35. The fourth-order valence-electron chi connectivity index (χ4n) is 0.136. The molecule has 0 aliphatic carbocycles. The molecule has 1 aromatic heterocycles. The van der Waals surface area contributed by atoms with Crippen molar-refractivity contribution in [2.75, 3.05) is 0 Å². The van der Waals surface area contributed by atoms with Crippen LogP contribution in [0.25, 0.3) is 0 Å². The third-order valence-corrected chi connectivity index (χ3v) is 0.715. The number of rotatable bonds is 0. The Morgan fingerprint density at radius 1 is 1.33 bits per heavy atom. The second-order valence-electron chi connectivity index (χ2n) is 0.835. The molecule has 52 valence electrons. The van der Waals surface area contributed by atoms with E-state index in [1.807, 2.05) is 5.38 Å². The zero-order valence-electron chi connectivity index (χ0n) is 4.17. The molecule has 0 bridgehead atoms. The summed E-state index contributed by atoms with van der Waals surface area (Å²) in [5, 5.41) is 5.31. The Kier molecular flexibility index (Phi) is 5.09. The Morgan fingerprint density at radius 3 is 2.00 bits per heavy atom. The van der Waals surface area contributed by atoms with Gasteiger partial charge in [0.05, 0.1) is 6.20 Å². The van der Waals surface area contributed by atoms with Crippen molar-refractivity contribution in [2.24, 2.45) is 0 Å². The Balaban J connectivity index is 0.000000148. The van der Waals surface area contributed by atoms with Crippen LogP contribution < -0.4 is 0 Å². The van der Waals surface area contributed by atoms with E-state index in [9.17, 15) is 13.2 Å². The number of hydrogen-bond donors (Lipinski definition) is 0. The molecule has 1 heterocycles. The molecule has 0 aromatic carbocycles. The van der Waals surface area contributed by atoms with Gasteiger partial charge in [-0.15, -0.1) is 5.10 Å². The highest BCUT2D eigenvalue weighted by Gasteiger charge is 1.86. The summed E-state index contributed by atoms with van der Waals surface area (Å²) in [5.41, 5.74) is 0. The van der Waals surface area contributed by atoms with E-state index in [0.29, 0.717) is 0 Å². The molecule has 0 saturated heterocycles. The van der Waals surface area contributed by atoms with Gasteiger partial charge in [0.25, 0.3) is 0 Å². The van der Waals surface area contributed by atoms with E-state index in [0.717, 1.165) is 0 Å². The molecule has 9 heavy (non-hydrogen) atoms. The highest BCUT2D eigenvalue weighted by molar-refractivity contribution is 7.03. The van der Waals surface area contributed by atoms with Crippen LogP contribution in [0.4, 0.5) is 13.2 Å². The first-order chi connectivity index (χ1) is 4.23. The Hall–Kier alpha value is -0.650. The lowest BCUT2D eigenvalue weighted by Crippen LogP contribution is -1.65. The summed E-state index contributed by atoms with van der Waals surface area (Å²) in [6.45, 7) is -3.67. The van der Waals surface area contributed by atoms with Crippen LogP contribution in [0.2, 0.25) is 0 Å². The predicted octanol–water partition coefficient (Wildman–Crippen LogP) is 1.72. The maximum Gasteiger partial charge on any atom is 0.379 e. The van der Waals surface area contributed by atoms with Crippen LogP contribution in [0, 0.1) is 0 Å². The van der Waals surface area contributed by atoms with Gasteiger partial charge < -0.3 is 0 Å². The minimum Gasteiger partial charge on any atom is -0.174 e. The average molecular weight is 156 g/mol. The van der Waals surface area contributed by atoms with Gasteiger partial charge >= 0.3 is 6.68 Å². The summed E-state index contributed by atoms with van der Waals surface area (Å²) < 4.78 is 32.5. The molecule has 0 atom stereocenters. The lowest BCUT2D eigenvalue weighted by molar-refractivity contribution is 0.00819. The zero-order valence-corrected chi connectivity index (χ0v) is 4.99. The smallest absolute Gasteiger partial charge is 0.174 e. The monoisotopic (exact) mass is 156 g/mol. The molecule has 1 aromatic rings. The summed E-state index contributed by atoms with van der Waals surface area (Å²) in [5.74, 6) is 0. The van der Waals surface area contributed by atoms with Crippen LogP contribution in [0.3, 0.4) is 0 Å². The normalized spacial score (nSPS) is 8.44. The van der Waals surface area contributed by atoms with Crippen LogP contribution >= 0.6 is 11.5 Å². The van der Waals surface area contributed by atoms with Gasteiger partial charge in [-0.3, -0.25) is 0 Å². The van der Waals surface area contributed by atoms with Crippen molar-refractivity contribution in [1.29, 1.82) is 0 Å². The molecule has 0 N–H and O–H groups in total. The van der Waals surface area contributed by atoms with Crippen molar-refractivity contribution in [3.05, 3.63) is 11.6 Å². The van der Waals surface area contributed by atoms with Gasteiger partial charge in [-0.25, -0.2) is 0 Å². The highest BCUT2D eigenvalue weighted by atomic mass is 32.1. The number of nitrogens with zero attached hydrogens (tertiary/aromatic N) is 2. The number of alkyl halides is 3. The highest BCUT2D eigenvalue weighted by Crippen LogP contribution is 1.87. The fourth-order valence-corrected chi connectivity index (χ4v) is 0.408. The van der Waals surface area contributed by atoms with E-state index in [4.69, 9.17) is 0 Å². The third-order valence-electron chi connectivity index (χ3n) is 0.283. The van der Waals surface area contributed by atoms with Gasteiger partial charge in [0.1, 0.15) is 0 Å². The van der Waals surface area contributed by atoms with E-state index in [1.54, 1.807) is 6.20 Å². The van der Waals surface area contributed by atoms with Gasteiger partial charge in [-0.2, -0.15) is 13.2 Å². The van der Waals surface area contributed by atoms with E-state index < -0.39 is 6.68 Å². The molecule has 2 nitrogen and oxygen atoms in total. The van der Waals surface area contributed by atoms with Crippen molar-refractivity contribution < 1.29 is 13.2 Å². The van der Waals surface area contributed by atoms with Crippen LogP contribution in [0.5, 0.6) is 0 Å². The summed E-state index contributed by atoms with van der Waals surface area (Å²) in [4.78, 5) is 0. The minimum absolute atomic E-state index is 1.35. The van der Waals surface area contributed by atoms with Crippen molar-refractivity contribution in [2.45, 2.75) is 6.68 Å². The first-order valence-corrected chi connectivity index (χ1v) is 2.70. The fraction of sp³-hybridized carbons (Fsp3) is 0.333. The third kappa shape index (κ3) is 11.1. The van der Waals surface area contributed by atoms with Crippen molar-refractivity contribution in [3.8, 4) is 0 Å². The van der Waals surface area contributed by atoms with E-state index in [2.05, 4.69) is 9.59 Å². The van der Waals surface area contributed by atoms with E-state index >= 15 is 0 Å². The second-order valence-corrected chi connectivity index (χ2v) is 1.48. The first-order valence-electron chi connectivity index (χ1n) is 1.86. The summed E-state index contributed by atoms with van der Waals surface area (Å²) in [7, 11) is 0. The molecule has 0 fully saturated rings. The molecule has 0 radical (unpaired) electrons. The Morgan fingerprint density at radius 2 is 1.89 bits per heavy atom. The van der Waals surface area contributed by atoms with E-state index in [1.165, 1.54) is 11.5 Å². The number of halogens is 3. The summed E-state index contributed by atoms with van der Waals surface area (Å²) in [6, 6.07) is 0. The van der Waals surface area contributed by atoms with Crippen LogP contribution in [-0.4, -0.2) is 16.3 Å². The first kappa shape index (κ1) is 8.35.